The number of benzene rings is 1. The lowest BCUT2D eigenvalue weighted by Gasteiger charge is -2.33. The molecule has 1 aliphatic heterocycles. The number of anilines is 1. The fourth-order valence-corrected chi connectivity index (χ4v) is 3.44. The lowest BCUT2D eigenvalue weighted by molar-refractivity contribution is 0.777. The summed E-state index contributed by atoms with van der Waals surface area (Å²) in [5.41, 5.74) is 4.18. The summed E-state index contributed by atoms with van der Waals surface area (Å²) in [5, 5.41) is 3.95. The number of nitrogens with zero attached hydrogens (tertiary/aromatic N) is 1. The minimum atomic E-state index is 0.750. The average molecular weight is 250 g/mol. The molecule has 0 amide bonds. The highest BCUT2D eigenvalue weighted by Crippen LogP contribution is 2.27. The molecule has 0 bridgehead atoms. The molecule has 3 heteroatoms. The van der Waals surface area contributed by atoms with Crippen molar-refractivity contribution in [1.82, 2.24) is 5.32 Å². The third kappa shape index (κ3) is 3.17. The van der Waals surface area contributed by atoms with Crippen molar-refractivity contribution in [1.29, 1.82) is 0 Å². The second-order valence-corrected chi connectivity index (χ2v) is 6.32. The van der Waals surface area contributed by atoms with E-state index in [1.165, 1.54) is 35.7 Å². The van der Waals surface area contributed by atoms with Crippen LogP contribution in [0.15, 0.2) is 18.2 Å². The fourth-order valence-electron chi connectivity index (χ4n) is 2.42. The molecule has 1 aromatic rings. The minimum Gasteiger partial charge on any atom is -0.369 e. The Bertz CT molecular complexity index is 378. The largest absolute Gasteiger partial charge is 0.369 e. The fraction of sp³-hybridized carbons (Fsp3) is 0.571. The Kier molecular flexibility index (Phi) is 4.35. The highest BCUT2D eigenvalue weighted by molar-refractivity contribution is 8.00. The van der Waals surface area contributed by atoms with Crippen molar-refractivity contribution in [3.63, 3.8) is 0 Å². The Morgan fingerprint density at radius 1 is 1.47 bits per heavy atom. The van der Waals surface area contributed by atoms with E-state index in [9.17, 15) is 0 Å². The minimum absolute atomic E-state index is 0.750. The lowest BCUT2D eigenvalue weighted by Crippen LogP contribution is -2.37. The van der Waals surface area contributed by atoms with E-state index in [-0.39, 0.29) is 0 Å². The summed E-state index contributed by atoms with van der Waals surface area (Å²) in [6.45, 7) is 7.86. The smallest absolute Gasteiger partial charge is 0.0396 e. The second-order valence-electron chi connectivity index (χ2n) is 4.78. The number of nitrogens with one attached hydrogen (secondary N) is 1. The first-order valence-corrected chi connectivity index (χ1v) is 7.36. The molecule has 0 saturated carbocycles. The molecule has 94 valence electrons. The molecule has 17 heavy (non-hydrogen) atoms. The van der Waals surface area contributed by atoms with Crippen LogP contribution >= 0.6 is 11.8 Å². The zero-order valence-corrected chi connectivity index (χ0v) is 11.8. The molecule has 0 radical (unpaired) electrons. The van der Waals surface area contributed by atoms with Crippen LogP contribution < -0.4 is 10.2 Å². The molecule has 1 atom stereocenters. The standard InChI is InChI=1S/C14H22N2S/c1-11-8-13(9-15-3)4-5-14(11)16-6-7-17-12(2)10-16/h4-5,8,12,15H,6-7,9-10H2,1-3H3. The number of thioether (sulfide) groups is 1. The van der Waals surface area contributed by atoms with Gasteiger partial charge in [0.1, 0.15) is 0 Å². The first-order valence-electron chi connectivity index (χ1n) is 6.31. The first kappa shape index (κ1) is 12.8. The Morgan fingerprint density at radius 3 is 2.94 bits per heavy atom. The van der Waals surface area contributed by atoms with Crippen LogP contribution in [-0.2, 0) is 6.54 Å². The predicted octanol–water partition coefficient (Wildman–Crippen LogP) is 2.66. The molecule has 0 aliphatic carbocycles. The summed E-state index contributed by atoms with van der Waals surface area (Å²) in [6, 6.07) is 6.83. The third-order valence-corrected chi connectivity index (χ3v) is 4.36. The van der Waals surface area contributed by atoms with Crippen molar-refractivity contribution in [2.24, 2.45) is 0 Å². The summed E-state index contributed by atoms with van der Waals surface area (Å²) in [5.74, 6) is 1.25. The Morgan fingerprint density at radius 2 is 2.29 bits per heavy atom. The number of aryl methyl sites for hydroxylation is 1. The maximum absolute atomic E-state index is 3.20. The van der Waals surface area contributed by atoms with E-state index < -0.39 is 0 Å². The Labute approximate surface area is 109 Å². The van der Waals surface area contributed by atoms with Crippen LogP contribution in [0.2, 0.25) is 0 Å². The highest BCUT2D eigenvalue weighted by Gasteiger charge is 2.18. The van der Waals surface area contributed by atoms with E-state index in [2.05, 4.69) is 54.0 Å². The van der Waals surface area contributed by atoms with Crippen molar-refractivity contribution in [3.8, 4) is 0 Å². The molecule has 1 unspecified atom stereocenters. The Balaban J connectivity index is 2.15. The van der Waals surface area contributed by atoms with Gasteiger partial charge >= 0.3 is 0 Å². The molecule has 2 rings (SSSR count). The maximum Gasteiger partial charge on any atom is 0.0396 e. The van der Waals surface area contributed by atoms with Crippen LogP contribution in [0.4, 0.5) is 5.69 Å². The van der Waals surface area contributed by atoms with Gasteiger partial charge in [-0.3, -0.25) is 0 Å². The van der Waals surface area contributed by atoms with Crippen LogP contribution in [0.1, 0.15) is 18.1 Å². The van der Waals surface area contributed by atoms with Crippen LogP contribution in [0.25, 0.3) is 0 Å². The summed E-state index contributed by atoms with van der Waals surface area (Å²) < 4.78 is 0. The summed E-state index contributed by atoms with van der Waals surface area (Å²) in [6.07, 6.45) is 0. The molecule has 1 fully saturated rings. The zero-order chi connectivity index (χ0) is 12.3. The van der Waals surface area contributed by atoms with Crippen molar-refractivity contribution in [2.75, 3.05) is 30.8 Å². The van der Waals surface area contributed by atoms with Gasteiger partial charge in [-0.2, -0.15) is 11.8 Å². The lowest BCUT2D eigenvalue weighted by atomic mass is 10.1. The van der Waals surface area contributed by atoms with Gasteiger partial charge in [-0.15, -0.1) is 0 Å². The van der Waals surface area contributed by atoms with Crippen molar-refractivity contribution in [2.45, 2.75) is 25.6 Å². The van der Waals surface area contributed by atoms with Crippen LogP contribution in [0.3, 0.4) is 0 Å². The van der Waals surface area contributed by atoms with Crippen LogP contribution in [0.5, 0.6) is 0 Å². The van der Waals surface area contributed by atoms with Crippen LogP contribution in [0, 0.1) is 6.92 Å². The van der Waals surface area contributed by atoms with E-state index in [4.69, 9.17) is 0 Å². The second kappa shape index (κ2) is 5.78. The van der Waals surface area contributed by atoms with Crippen molar-refractivity contribution in [3.05, 3.63) is 29.3 Å². The summed E-state index contributed by atoms with van der Waals surface area (Å²) in [7, 11) is 1.99. The Hall–Kier alpha value is -0.670. The van der Waals surface area contributed by atoms with Gasteiger partial charge in [-0.05, 0) is 31.2 Å². The normalized spacial score (nSPS) is 20.6. The number of hydrogen-bond acceptors (Lipinski definition) is 3. The molecule has 1 saturated heterocycles. The predicted molar refractivity (Wildman–Crippen MR) is 78.1 cm³/mol. The van der Waals surface area contributed by atoms with Gasteiger partial charge in [-0.1, -0.05) is 19.1 Å². The molecule has 1 N–H and O–H groups in total. The van der Waals surface area contributed by atoms with E-state index in [0.717, 1.165) is 11.8 Å². The molecule has 1 heterocycles. The number of hydrogen-bond donors (Lipinski definition) is 1. The molecular formula is C14H22N2S. The molecule has 1 aliphatic rings. The highest BCUT2D eigenvalue weighted by atomic mass is 32.2. The van der Waals surface area contributed by atoms with Crippen molar-refractivity contribution < 1.29 is 0 Å². The molecule has 1 aromatic carbocycles. The molecular weight excluding hydrogens is 228 g/mol. The van der Waals surface area contributed by atoms with E-state index in [1.54, 1.807) is 0 Å². The van der Waals surface area contributed by atoms with Gasteiger partial charge in [0, 0.05) is 36.3 Å². The van der Waals surface area contributed by atoms with E-state index >= 15 is 0 Å². The average Bonchev–Trinajstić information content (AvgIpc) is 2.29. The third-order valence-electron chi connectivity index (χ3n) is 3.22. The van der Waals surface area contributed by atoms with Gasteiger partial charge < -0.3 is 10.2 Å². The first-order chi connectivity index (χ1) is 8.20. The van der Waals surface area contributed by atoms with E-state index in [1.807, 2.05) is 7.05 Å². The monoisotopic (exact) mass is 250 g/mol. The molecule has 0 spiro atoms. The number of rotatable bonds is 3. The molecule has 0 aromatic heterocycles. The summed E-state index contributed by atoms with van der Waals surface area (Å²) >= 11 is 2.08. The van der Waals surface area contributed by atoms with Crippen molar-refractivity contribution >= 4 is 17.4 Å². The quantitative estimate of drug-likeness (QED) is 0.888. The zero-order valence-electron chi connectivity index (χ0n) is 11.0. The van der Waals surface area contributed by atoms with Gasteiger partial charge in [0.25, 0.3) is 0 Å². The van der Waals surface area contributed by atoms with Gasteiger partial charge in [0.15, 0.2) is 0 Å². The topological polar surface area (TPSA) is 15.3 Å². The maximum atomic E-state index is 3.20. The summed E-state index contributed by atoms with van der Waals surface area (Å²) in [4.78, 5) is 2.53. The van der Waals surface area contributed by atoms with Crippen LogP contribution in [-0.4, -0.2) is 31.1 Å². The van der Waals surface area contributed by atoms with Gasteiger partial charge in [0.05, 0.1) is 0 Å². The molecule has 2 nitrogen and oxygen atoms in total. The van der Waals surface area contributed by atoms with E-state index in [0.29, 0.717) is 0 Å². The van der Waals surface area contributed by atoms with Gasteiger partial charge in [0.2, 0.25) is 0 Å². The van der Waals surface area contributed by atoms with Gasteiger partial charge in [-0.25, -0.2) is 0 Å². The SMILES string of the molecule is CNCc1ccc(N2CCSC(C)C2)c(C)c1.